The fourth-order valence-corrected chi connectivity index (χ4v) is 2.96. The molecule has 0 radical (unpaired) electrons. The highest BCUT2D eigenvalue weighted by molar-refractivity contribution is 5.49. The second kappa shape index (κ2) is 5.84. The zero-order chi connectivity index (χ0) is 13.1. The Morgan fingerprint density at radius 2 is 2.26 bits per heavy atom. The van der Waals surface area contributed by atoms with Crippen LogP contribution in [0.2, 0.25) is 0 Å². The van der Waals surface area contributed by atoms with Gasteiger partial charge in [-0.25, -0.2) is 9.97 Å². The SMILES string of the molecule is CN(CC1CNCCO1)c1ncnc2c1CCCC2. The molecule has 0 saturated carbocycles. The lowest BCUT2D eigenvalue weighted by atomic mass is 9.96. The van der Waals surface area contributed by atoms with E-state index in [0.29, 0.717) is 0 Å². The van der Waals surface area contributed by atoms with Crippen LogP contribution < -0.4 is 10.2 Å². The number of aryl methyl sites for hydroxylation is 1. The lowest BCUT2D eigenvalue weighted by molar-refractivity contribution is 0.0339. The number of ether oxygens (including phenoxy) is 1. The molecule has 19 heavy (non-hydrogen) atoms. The number of likely N-dealkylation sites (N-methyl/N-ethyl adjacent to an activating group) is 1. The van der Waals surface area contributed by atoms with E-state index in [2.05, 4.69) is 27.2 Å². The minimum atomic E-state index is 0.257. The van der Waals surface area contributed by atoms with Crippen LogP contribution >= 0.6 is 0 Å². The summed E-state index contributed by atoms with van der Waals surface area (Å²) in [5.74, 6) is 1.10. The molecule has 2 aliphatic rings. The molecular formula is C14H22N4O. The number of morpholine rings is 1. The molecule has 1 unspecified atom stereocenters. The molecule has 5 heteroatoms. The first-order valence-electron chi connectivity index (χ1n) is 7.21. The highest BCUT2D eigenvalue weighted by atomic mass is 16.5. The highest BCUT2D eigenvalue weighted by Gasteiger charge is 2.21. The molecule has 1 atom stereocenters. The minimum Gasteiger partial charge on any atom is -0.374 e. The van der Waals surface area contributed by atoms with Crippen LogP contribution in [0.15, 0.2) is 6.33 Å². The number of aromatic nitrogens is 2. The zero-order valence-corrected chi connectivity index (χ0v) is 11.6. The largest absolute Gasteiger partial charge is 0.374 e. The maximum absolute atomic E-state index is 5.77. The summed E-state index contributed by atoms with van der Waals surface area (Å²) < 4.78 is 5.77. The Balaban J connectivity index is 1.73. The van der Waals surface area contributed by atoms with Gasteiger partial charge >= 0.3 is 0 Å². The summed E-state index contributed by atoms with van der Waals surface area (Å²) in [6.07, 6.45) is 6.68. The smallest absolute Gasteiger partial charge is 0.135 e. The number of nitrogens with zero attached hydrogens (tertiary/aromatic N) is 3. The number of hydrogen-bond donors (Lipinski definition) is 1. The molecule has 1 aromatic rings. The van der Waals surface area contributed by atoms with Crippen molar-refractivity contribution in [2.45, 2.75) is 31.8 Å². The Morgan fingerprint density at radius 3 is 3.11 bits per heavy atom. The molecule has 1 N–H and O–H groups in total. The maximum Gasteiger partial charge on any atom is 0.135 e. The van der Waals surface area contributed by atoms with Gasteiger partial charge in [0.15, 0.2) is 0 Å². The van der Waals surface area contributed by atoms with Crippen molar-refractivity contribution >= 4 is 5.82 Å². The van der Waals surface area contributed by atoms with Crippen molar-refractivity contribution in [1.82, 2.24) is 15.3 Å². The molecule has 5 nitrogen and oxygen atoms in total. The molecular weight excluding hydrogens is 240 g/mol. The monoisotopic (exact) mass is 262 g/mol. The summed E-state index contributed by atoms with van der Waals surface area (Å²) in [6.45, 7) is 3.58. The first-order valence-corrected chi connectivity index (χ1v) is 7.21. The summed E-state index contributed by atoms with van der Waals surface area (Å²) in [5.41, 5.74) is 2.59. The van der Waals surface area contributed by atoms with Crippen molar-refractivity contribution in [3.8, 4) is 0 Å². The Labute approximate surface area is 114 Å². The number of hydrogen-bond acceptors (Lipinski definition) is 5. The molecule has 1 saturated heterocycles. The molecule has 0 aromatic carbocycles. The molecule has 0 spiro atoms. The highest BCUT2D eigenvalue weighted by Crippen LogP contribution is 2.26. The van der Waals surface area contributed by atoms with Gasteiger partial charge in [0.05, 0.1) is 12.7 Å². The molecule has 1 aromatic heterocycles. The molecule has 104 valence electrons. The van der Waals surface area contributed by atoms with Crippen LogP contribution in [0.1, 0.15) is 24.1 Å². The van der Waals surface area contributed by atoms with Gasteiger partial charge in [0.2, 0.25) is 0 Å². The van der Waals surface area contributed by atoms with Crippen LogP contribution in [-0.2, 0) is 17.6 Å². The lowest BCUT2D eigenvalue weighted by Crippen LogP contribution is -2.44. The molecule has 1 fully saturated rings. The minimum absolute atomic E-state index is 0.257. The summed E-state index contributed by atoms with van der Waals surface area (Å²) in [5, 5.41) is 3.37. The van der Waals surface area contributed by atoms with Crippen molar-refractivity contribution in [3.05, 3.63) is 17.6 Å². The second-order valence-corrected chi connectivity index (χ2v) is 5.41. The number of anilines is 1. The van der Waals surface area contributed by atoms with E-state index in [0.717, 1.165) is 44.9 Å². The number of nitrogens with one attached hydrogen (secondary N) is 1. The van der Waals surface area contributed by atoms with Crippen LogP contribution in [-0.4, -0.2) is 49.4 Å². The van der Waals surface area contributed by atoms with Gasteiger partial charge in [-0.3, -0.25) is 0 Å². The van der Waals surface area contributed by atoms with Crippen molar-refractivity contribution in [2.24, 2.45) is 0 Å². The summed E-state index contributed by atoms with van der Waals surface area (Å²) in [7, 11) is 2.11. The van der Waals surface area contributed by atoms with E-state index in [1.807, 2.05) is 0 Å². The predicted octanol–water partition coefficient (Wildman–Crippen LogP) is 0.780. The predicted molar refractivity (Wildman–Crippen MR) is 74.6 cm³/mol. The Hall–Kier alpha value is -1.20. The molecule has 2 heterocycles. The van der Waals surface area contributed by atoms with E-state index in [9.17, 15) is 0 Å². The van der Waals surface area contributed by atoms with Crippen LogP contribution in [0.5, 0.6) is 0 Å². The van der Waals surface area contributed by atoms with Crippen molar-refractivity contribution in [2.75, 3.05) is 38.2 Å². The van der Waals surface area contributed by atoms with Crippen LogP contribution in [0.4, 0.5) is 5.82 Å². The third-order valence-corrected chi connectivity index (χ3v) is 3.95. The quantitative estimate of drug-likeness (QED) is 0.872. The number of fused-ring (bicyclic) bond motifs is 1. The Morgan fingerprint density at radius 1 is 1.37 bits per heavy atom. The van der Waals surface area contributed by atoms with Gasteiger partial charge in [0.25, 0.3) is 0 Å². The van der Waals surface area contributed by atoms with Crippen LogP contribution in [0, 0.1) is 0 Å². The average molecular weight is 262 g/mol. The van der Waals surface area contributed by atoms with Gasteiger partial charge in [-0.15, -0.1) is 0 Å². The first kappa shape index (κ1) is 12.8. The van der Waals surface area contributed by atoms with E-state index in [4.69, 9.17) is 4.74 Å². The van der Waals surface area contributed by atoms with E-state index in [1.54, 1.807) is 6.33 Å². The van der Waals surface area contributed by atoms with Gasteiger partial charge < -0.3 is 15.0 Å². The number of rotatable bonds is 3. The normalized spacial score (nSPS) is 22.9. The zero-order valence-electron chi connectivity index (χ0n) is 11.6. The van der Waals surface area contributed by atoms with Crippen molar-refractivity contribution in [1.29, 1.82) is 0 Å². The van der Waals surface area contributed by atoms with Gasteiger partial charge in [-0.2, -0.15) is 0 Å². The van der Waals surface area contributed by atoms with Crippen LogP contribution in [0.3, 0.4) is 0 Å². The summed E-state index contributed by atoms with van der Waals surface area (Å²) >= 11 is 0. The van der Waals surface area contributed by atoms with E-state index in [1.165, 1.54) is 24.1 Å². The molecule has 1 aliphatic carbocycles. The van der Waals surface area contributed by atoms with Gasteiger partial charge in [-0.1, -0.05) is 0 Å². The standard InChI is InChI=1S/C14H22N4O/c1-18(9-11-8-15-6-7-19-11)14-12-4-2-3-5-13(12)16-10-17-14/h10-11,15H,2-9H2,1H3. The summed E-state index contributed by atoms with van der Waals surface area (Å²) in [4.78, 5) is 11.1. The van der Waals surface area contributed by atoms with Crippen LogP contribution in [0.25, 0.3) is 0 Å². The van der Waals surface area contributed by atoms with Crippen molar-refractivity contribution in [3.63, 3.8) is 0 Å². The van der Waals surface area contributed by atoms with Gasteiger partial charge in [0, 0.05) is 37.9 Å². The third kappa shape index (κ3) is 2.87. The van der Waals surface area contributed by atoms with Gasteiger partial charge in [0.1, 0.15) is 12.1 Å². The van der Waals surface area contributed by atoms with Gasteiger partial charge in [-0.05, 0) is 25.7 Å². The molecule has 0 amide bonds. The molecule has 3 rings (SSSR count). The Kier molecular flexibility index (Phi) is 3.94. The van der Waals surface area contributed by atoms with E-state index in [-0.39, 0.29) is 6.10 Å². The fourth-order valence-electron chi connectivity index (χ4n) is 2.96. The topological polar surface area (TPSA) is 50.3 Å². The molecule has 1 aliphatic heterocycles. The second-order valence-electron chi connectivity index (χ2n) is 5.41. The average Bonchev–Trinajstić information content (AvgIpc) is 2.47. The lowest BCUT2D eigenvalue weighted by Gasteiger charge is -2.30. The van der Waals surface area contributed by atoms with E-state index >= 15 is 0 Å². The van der Waals surface area contributed by atoms with E-state index < -0.39 is 0 Å². The first-order chi connectivity index (χ1) is 9.34. The maximum atomic E-state index is 5.77. The third-order valence-electron chi connectivity index (χ3n) is 3.95. The fraction of sp³-hybridized carbons (Fsp3) is 0.714. The summed E-state index contributed by atoms with van der Waals surface area (Å²) in [6, 6.07) is 0. The Bertz CT molecular complexity index is 431. The molecule has 0 bridgehead atoms. The van der Waals surface area contributed by atoms with Crippen molar-refractivity contribution < 1.29 is 4.74 Å².